The molecule has 0 N–H and O–H groups in total. The van der Waals surface area contributed by atoms with Crippen molar-refractivity contribution in [3.63, 3.8) is 0 Å². The van der Waals surface area contributed by atoms with Crippen LogP contribution in [0.25, 0.3) is 0 Å². The van der Waals surface area contributed by atoms with Gasteiger partial charge in [-0.25, -0.2) is 0 Å². The number of hydrogen-bond donors (Lipinski definition) is 0. The van der Waals surface area contributed by atoms with Gasteiger partial charge in [-0.15, -0.1) is 0 Å². The Balaban J connectivity index is 1.61. The third kappa shape index (κ3) is 4.18. The number of likely N-dealkylation sites (tertiary alicyclic amines) is 1. The first-order chi connectivity index (χ1) is 11.6. The Morgan fingerprint density at radius 2 is 1.96 bits per heavy atom. The topological polar surface area (TPSA) is 29.5 Å². The number of halogens is 1. The first kappa shape index (κ1) is 17.0. The van der Waals surface area contributed by atoms with Crippen molar-refractivity contribution in [3.05, 3.63) is 64.1 Å². The summed E-state index contributed by atoms with van der Waals surface area (Å²) in [7, 11) is 0. The Bertz CT molecular complexity index is 699. The number of benzene rings is 2. The highest BCUT2D eigenvalue weighted by Crippen LogP contribution is 2.25. The SMILES string of the molecule is C[C@@H]1CCCN(C(=O)c2ccc(COc3ccccc3Br)cc2)C1. The third-order valence-electron chi connectivity index (χ3n) is 4.38. The van der Waals surface area contributed by atoms with Crippen LogP contribution < -0.4 is 4.74 Å². The highest BCUT2D eigenvalue weighted by Gasteiger charge is 2.21. The summed E-state index contributed by atoms with van der Waals surface area (Å²) in [5.41, 5.74) is 1.81. The molecule has 3 rings (SSSR count). The minimum absolute atomic E-state index is 0.139. The molecule has 0 spiro atoms. The van der Waals surface area contributed by atoms with Crippen LogP contribution in [-0.2, 0) is 6.61 Å². The number of amides is 1. The summed E-state index contributed by atoms with van der Waals surface area (Å²) < 4.78 is 6.75. The zero-order valence-electron chi connectivity index (χ0n) is 13.9. The van der Waals surface area contributed by atoms with Gasteiger partial charge in [-0.05, 0) is 64.5 Å². The van der Waals surface area contributed by atoms with Gasteiger partial charge in [-0.3, -0.25) is 4.79 Å². The molecule has 0 radical (unpaired) electrons. The molecule has 3 nitrogen and oxygen atoms in total. The molecule has 126 valence electrons. The van der Waals surface area contributed by atoms with Crippen molar-refractivity contribution in [1.29, 1.82) is 0 Å². The molecule has 2 aromatic carbocycles. The van der Waals surface area contributed by atoms with Crippen molar-refractivity contribution < 1.29 is 9.53 Å². The average molecular weight is 388 g/mol. The van der Waals surface area contributed by atoms with Gasteiger partial charge in [0.2, 0.25) is 0 Å². The van der Waals surface area contributed by atoms with Crippen LogP contribution in [0.4, 0.5) is 0 Å². The van der Waals surface area contributed by atoms with Crippen LogP contribution in [0.3, 0.4) is 0 Å². The van der Waals surface area contributed by atoms with Crippen molar-refractivity contribution in [2.45, 2.75) is 26.4 Å². The molecule has 1 fully saturated rings. The quantitative estimate of drug-likeness (QED) is 0.746. The summed E-state index contributed by atoms with van der Waals surface area (Å²) in [4.78, 5) is 14.5. The summed E-state index contributed by atoms with van der Waals surface area (Å²) >= 11 is 3.47. The van der Waals surface area contributed by atoms with Crippen molar-refractivity contribution in [2.24, 2.45) is 5.92 Å². The van der Waals surface area contributed by atoms with E-state index in [1.54, 1.807) is 0 Å². The smallest absolute Gasteiger partial charge is 0.253 e. The van der Waals surface area contributed by atoms with Crippen LogP contribution >= 0.6 is 15.9 Å². The van der Waals surface area contributed by atoms with E-state index in [-0.39, 0.29) is 5.91 Å². The van der Waals surface area contributed by atoms with E-state index >= 15 is 0 Å². The van der Waals surface area contributed by atoms with Gasteiger partial charge in [-0.1, -0.05) is 31.2 Å². The van der Waals surface area contributed by atoms with E-state index in [2.05, 4.69) is 22.9 Å². The number of rotatable bonds is 4. The largest absolute Gasteiger partial charge is 0.488 e. The zero-order chi connectivity index (χ0) is 16.9. The molecule has 1 atom stereocenters. The van der Waals surface area contributed by atoms with Crippen molar-refractivity contribution in [2.75, 3.05) is 13.1 Å². The Morgan fingerprint density at radius 1 is 1.21 bits per heavy atom. The highest BCUT2D eigenvalue weighted by atomic mass is 79.9. The minimum atomic E-state index is 0.139. The van der Waals surface area contributed by atoms with Crippen LogP contribution in [-0.4, -0.2) is 23.9 Å². The van der Waals surface area contributed by atoms with Gasteiger partial charge in [0.05, 0.1) is 4.47 Å². The molecule has 1 heterocycles. The molecule has 24 heavy (non-hydrogen) atoms. The second-order valence-electron chi connectivity index (χ2n) is 6.41. The van der Waals surface area contributed by atoms with E-state index < -0.39 is 0 Å². The zero-order valence-corrected chi connectivity index (χ0v) is 15.5. The first-order valence-corrected chi connectivity index (χ1v) is 9.18. The third-order valence-corrected chi connectivity index (χ3v) is 5.03. The molecular weight excluding hydrogens is 366 g/mol. The van der Waals surface area contributed by atoms with Gasteiger partial charge >= 0.3 is 0 Å². The lowest BCUT2D eigenvalue weighted by Gasteiger charge is -2.31. The van der Waals surface area contributed by atoms with E-state index in [1.165, 1.54) is 6.42 Å². The fraction of sp³-hybridized carbons (Fsp3) is 0.350. The maximum Gasteiger partial charge on any atom is 0.253 e. The van der Waals surface area contributed by atoms with E-state index in [4.69, 9.17) is 4.74 Å². The molecule has 0 bridgehead atoms. The van der Waals surface area contributed by atoms with Crippen molar-refractivity contribution >= 4 is 21.8 Å². The number of ether oxygens (including phenoxy) is 1. The molecule has 1 amide bonds. The Kier molecular flexibility index (Phi) is 5.56. The van der Waals surface area contributed by atoms with E-state index in [9.17, 15) is 4.79 Å². The Hall–Kier alpha value is -1.81. The predicted molar refractivity (Wildman–Crippen MR) is 99.2 cm³/mol. The number of nitrogens with zero attached hydrogens (tertiary/aromatic N) is 1. The summed E-state index contributed by atoms with van der Waals surface area (Å²) in [5.74, 6) is 1.56. The molecule has 0 saturated carbocycles. The molecular formula is C20H22BrNO2. The van der Waals surface area contributed by atoms with Crippen LogP contribution in [0.2, 0.25) is 0 Å². The first-order valence-electron chi connectivity index (χ1n) is 8.39. The molecule has 0 unspecified atom stereocenters. The fourth-order valence-electron chi connectivity index (χ4n) is 3.02. The van der Waals surface area contributed by atoms with Crippen LogP contribution in [0.15, 0.2) is 53.0 Å². The molecule has 2 aromatic rings. The second kappa shape index (κ2) is 7.84. The maximum atomic E-state index is 12.6. The van der Waals surface area contributed by atoms with E-state index in [0.29, 0.717) is 12.5 Å². The van der Waals surface area contributed by atoms with E-state index in [1.807, 2.05) is 53.4 Å². The van der Waals surface area contributed by atoms with Gasteiger partial charge < -0.3 is 9.64 Å². The van der Waals surface area contributed by atoms with Crippen molar-refractivity contribution in [1.82, 2.24) is 4.90 Å². The van der Waals surface area contributed by atoms with Gasteiger partial charge in [0.15, 0.2) is 0 Å². The summed E-state index contributed by atoms with van der Waals surface area (Å²) in [5, 5.41) is 0. The standard InChI is InChI=1S/C20H22BrNO2/c1-15-5-4-12-22(13-15)20(23)17-10-8-16(9-11-17)14-24-19-7-3-2-6-18(19)21/h2-3,6-11,15H,4-5,12-14H2,1H3/t15-/m1/s1. The van der Waals surface area contributed by atoms with Crippen molar-refractivity contribution in [3.8, 4) is 5.75 Å². The maximum absolute atomic E-state index is 12.6. The molecule has 1 aliphatic rings. The minimum Gasteiger partial charge on any atom is -0.488 e. The number of carbonyl (C=O) groups is 1. The molecule has 0 aliphatic carbocycles. The number of hydrogen-bond acceptors (Lipinski definition) is 2. The van der Waals surface area contributed by atoms with Crippen LogP contribution in [0.1, 0.15) is 35.7 Å². The van der Waals surface area contributed by atoms with Gasteiger partial charge in [0.25, 0.3) is 5.91 Å². The van der Waals surface area contributed by atoms with E-state index in [0.717, 1.165) is 40.9 Å². The predicted octanol–water partition coefficient (Wildman–Crippen LogP) is 4.90. The fourth-order valence-corrected chi connectivity index (χ4v) is 3.42. The summed E-state index contributed by atoms with van der Waals surface area (Å²) in [6.07, 6.45) is 2.32. The normalized spacial score (nSPS) is 17.6. The lowest BCUT2D eigenvalue weighted by atomic mass is 9.99. The molecule has 0 aromatic heterocycles. The number of carbonyl (C=O) groups excluding carboxylic acids is 1. The monoisotopic (exact) mass is 387 g/mol. The Morgan fingerprint density at radius 3 is 2.67 bits per heavy atom. The molecule has 1 saturated heterocycles. The summed E-state index contributed by atoms with van der Waals surface area (Å²) in [6.45, 7) is 4.43. The number of piperidine rings is 1. The Labute approximate surface area is 151 Å². The van der Waals surface area contributed by atoms with Gasteiger partial charge in [0, 0.05) is 18.7 Å². The average Bonchev–Trinajstić information content (AvgIpc) is 2.61. The van der Waals surface area contributed by atoms with Crippen LogP contribution in [0, 0.1) is 5.92 Å². The van der Waals surface area contributed by atoms with Crippen LogP contribution in [0.5, 0.6) is 5.75 Å². The molecule has 4 heteroatoms. The lowest BCUT2D eigenvalue weighted by Crippen LogP contribution is -2.39. The second-order valence-corrected chi connectivity index (χ2v) is 7.27. The summed E-state index contributed by atoms with van der Waals surface area (Å²) in [6, 6.07) is 15.5. The highest BCUT2D eigenvalue weighted by molar-refractivity contribution is 9.10. The van der Waals surface area contributed by atoms with Gasteiger partial charge in [-0.2, -0.15) is 0 Å². The molecule has 1 aliphatic heterocycles. The number of para-hydroxylation sites is 1. The van der Waals surface area contributed by atoms with Gasteiger partial charge in [0.1, 0.15) is 12.4 Å². The lowest BCUT2D eigenvalue weighted by molar-refractivity contribution is 0.0683.